The predicted octanol–water partition coefficient (Wildman–Crippen LogP) is 2.79. The maximum atomic E-state index is 12.4. The van der Waals surface area contributed by atoms with Gasteiger partial charge in [0.15, 0.2) is 0 Å². The molecule has 1 heterocycles. The molecule has 0 aliphatic rings. The van der Waals surface area contributed by atoms with Gasteiger partial charge in [-0.15, -0.1) is 0 Å². The van der Waals surface area contributed by atoms with E-state index in [-0.39, 0.29) is 0 Å². The van der Waals surface area contributed by atoms with Crippen molar-refractivity contribution in [1.29, 1.82) is 0 Å². The highest BCUT2D eigenvalue weighted by atomic mass is 79.9. The Morgan fingerprint density at radius 1 is 1.64 bits per heavy atom. The molecule has 0 aliphatic heterocycles. The van der Waals surface area contributed by atoms with Crippen LogP contribution in [0.15, 0.2) is 10.5 Å². The molecule has 0 atom stereocenters. The lowest BCUT2D eigenvalue weighted by atomic mass is 10.2. The zero-order valence-corrected chi connectivity index (χ0v) is 8.68. The first kappa shape index (κ1) is 11.0. The fourth-order valence-electron chi connectivity index (χ4n) is 0.937. The predicted molar refractivity (Wildman–Crippen MR) is 48.6 cm³/mol. The van der Waals surface area contributed by atoms with Crippen LogP contribution in [0, 0.1) is 6.92 Å². The van der Waals surface area contributed by atoms with Crippen LogP contribution in [-0.2, 0) is 0 Å². The molecule has 6 heteroatoms. The molecule has 0 radical (unpaired) electrons. The van der Waals surface area contributed by atoms with Crippen molar-refractivity contribution in [2.24, 2.45) is 0 Å². The topological polar surface area (TPSA) is 50.2 Å². The molecular weight excluding hydrogens is 260 g/mol. The summed E-state index contributed by atoms with van der Waals surface area (Å²) in [7, 11) is 0. The largest absolute Gasteiger partial charge is 0.478 e. The Morgan fingerprint density at radius 2 is 2.21 bits per heavy atom. The molecule has 0 unspecified atom stereocenters. The molecule has 0 bridgehead atoms. The SMILES string of the molecule is Cc1nc(C(F)F)c(C(=O)O)cc1Br. The Labute approximate surface area is 86.9 Å². The van der Waals surface area contributed by atoms with E-state index in [0.29, 0.717) is 10.2 Å². The van der Waals surface area contributed by atoms with Crippen LogP contribution in [0.3, 0.4) is 0 Å². The second-order valence-electron chi connectivity index (χ2n) is 2.59. The van der Waals surface area contributed by atoms with E-state index in [4.69, 9.17) is 5.11 Å². The number of nitrogens with zero attached hydrogens (tertiary/aromatic N) is 1. The fraction of sp³-hybridized carbons (Fsp3) is 0.250. The maximum Gasteiger partial charge on any atom is 0.337 e. The molecule has 0 saturated heterocycles. The number of aryl methyl sites for hydroxylation is 1. The minimum absolute atomic E-state index is 0.338. The van der Waals surface area contributed by atoms with Crippen molar-refractivity contribution in [3.63, 3.8) is 0 Å². The third-order valence-corrected chi connectivity index (χ3v) is 2.42. The molecule has 1 aromatic rings. The van der Waals surface area contributed by atoms with Gasteiger partial charge in [0.1, 0.15) is 5.69 Å². The van der Waals surface area contributed by atoms with Crippen LogP contribution in [0.4, 0.5) is 8.78 Å². The molecule has 3 nitrogen and oxygen atoms in total. The molecule has 0 aliphatic carbocycles. The van der Waals surface area contributed by atoms with Crippen LogP contribution in [0.1, 0.15) is 28.2 Å². The van der Waals surface area contributed by atoms with Crippen LogP contribution in [-0.4, -0.2) is 16.1 Å². The number of halogens is 3. The van der Waals surface area contributed by atoms with E-state index in [9.17, 15) is 13.6 Å². The zero-order chi connectivity index (χ0) is 10.9. The van der Waals surface area contributed by atoms with E-state index in [1.165, 1.54) is 6.92 Å². The van der Waals surface area contributed by atoms with Gasteiger partial charge in [0.25, 0.3) is 6.43 Å². The van der Waals surface area contributed by atoms with Gasteiger partial charge >= 0.3 is 5.97 Å². The van der Waals surface area contributed by atoms with Crippen LogP contribution in [0.25, 0.3) is 0 Å². The second-order valence-corrected chi connectivity index (χ2v) is 3.45. The Morgan fingerprint density at radius 3 is 2.64 bits per heavy atom. The molecule has 0 aromatic carbocycles. The van der Waals surface area contributed by atoms with Crippen molar-refractivity contribution in [3.05, 3.63) is 27.5 Å². The minimum atomic E-state index is -2.88. The number of pyridine rings is 1. The summed E-state index contributed by atoms with van der Waals surface area (Å²) in [4.78, 5) is 14.1. The summed E-state index contributed by atoms with van der Waals surface area (Å²) in [5.74, 6) is -1.41. The van der Waals surface area contributed by atoms with Gasteiger partial charge in [-0.05, 0) is 28.9 Å². The van der Waals surface area contributed by atoms with Gasteiger partial charge < -0.3 is 5.11 Å². The standard InChI is InChI=1S/C8H6BrF2NO2/c1-3-5(9)2-4(8(13)14)6(12-3)7(10)11/h2,7H,1H3,(H,13,14). The van der Waals surface area contributed by atoms with Crippen LogP contribution in [0.2, 0.25) is 0 Å². The molecule has 1 N–H and O–H groups in total. The average Bonchev–Trinajstić information content (AvgIpc) is 2.08. The lowest BCUT2D eigenvalue weighted by molar-refractivity contribution is 0.0682. The fourth-order valence-corrected chi connectivity index (χ4v) is 1.25. The van der Waals surface area contributed by atoms with Gasteiger partial charge in [0.2, 0.25) is 0 Å². The Kier molecular flexibility index (Phi) is 3.15. The quantitative estimate of drug-likeness (QED) is 0.895. The summed E-state index contributed by atoms with van der Waals surface area (Å²) >= 11 is 3.03. The Bertz CT molecular complexity index is 382. The van der Waals surface area contributed by atoms with E-state index in [1.54, 1.807) is 0 Å². The summed E-state index contributed by atoms with van der Waals surface area (Å²) in [6, 6.07) is 1.13. The first-order chi connectivity index (χ1) is 6.43. The number of hydrogen-bond donors (Lipinski definition) is 1. The second kappa shape index (κ2) is 4.00. The molecule has 1 aromatic heterocycles. The van der Waals surface area contributed by atoms with Gasteiger partial charge in [0.05, 0.1) is 11.3 Å². The smallest absolute Gasteiger partial charge is 0.337 e. The summed E-state index contributed by atoms with van der Waals surface area (Å²) in [5, 5.41) is 8.64. The summed E-state index contributed by atoms with van der Waals surface area (Å²) < 4.78 is 25.1. The first-order valence-electron chi connectivity index (χ1n) is 3.62. The summed E-state index contributed by atoms with van der Waals surface area (Å²) in [5.41, 5.74) is -0.832. The number of alkyl halides is 2. The Hall–Kier alpha value is -1.04. The first-order valence-corrected chi connectivity index (χ1v) is 4.41. The van der Waals surface area contributed by atoms with E-state index in [2.05, 4.69) is 20.9 Å². The third-order valence-electron chi connectivity index (χ3n) is 1.62. The van der Waals surface area contributed by atoms with Crippen molar-refractivity contribution in [1.82, 2.24) is 4.98 Å². The van der Waals surface area contributed by atoms with Crippen molar-refractivity contribution >= 4 is 21.9 Å². The third kappa shape index (κ3) is 2.06. The van der Waals surface area contributed by atoms with Crippen molar-refractivity contribution in [2.45, 2.75) is 13.3 Å². The summed E-state index contributed by atoms with van der Waals surface area (Å²) in [6.07, 6.45) is -2.88. The van der Waals surface area contributed by atoms with Gasteiger partial charge in [-0.1, -0.05) is 0 Å². The average molecular weight is 266 g/mol. The van der Waals surface area contributed by atoms with Gasteiger partial charge in [-0.2, -0.15) is 0 Å². The zero-order valence-electron chi connectivity index (χ0n) is 7.09. The normalized spacial score (nSPS) is 10.6. The molecule has 0 amide bonds. The molecule has 0 saturated carbocycles. The highest BCUT2D eigenvalue weighted by Crippen LogP contribution is 2.25. The van der Waals surface area contributed by atoms with E-state index in [0.717, 1.165) is 6.07 Å². The van der Waals surface area contributed by atoms with Crippen molar-refractivity contribution in [3.8, 4) is 0 Å². The van der Waals surface area contributed by atoms with Gasteiger partial charge in [0, 0.05) is 4.47 Å². The number of carbonyl (C=O) groups is 1. The molecular formula is C8H6BrF2NO2. The number of hydrogen-bond acceptors (Lipinski definition) is 2. The Balaban J connectivity index is 3.39. The lowest BCUT2D eigenvalue weighted by Crippen LogP contribution is -2.07. The van der Waals surface area contributed by atoms with E-state index < -0.39 is 23.7 Å². The van der Waals surface area contributed by atoms with E-state index >= 15 is 0 Å². The molecule has 14 heavy (non-hydrogen) atoms. The van der Waals surface area contributed by atoms with Crippen LogP contribution < -0.4 is 0 Å². The van der Waals surface area contributed by atoms with Crippen LogP contribution >= 0.6 is 15.9 Å². The highest BCUT2D eigenvalue weighted by molar-refractivity contribution is 9.10. The molecule has 1 rings (SSSR count). The lowest BCUT2D eigenvalue weighted by Gasteiger charge is -2.06. The number of aromatic nitrogens is 1. The highest BCUT2D eigenvalue weighted by Gasteiger charge is 2.20. The molecule has 0 spiro atoms. The van der Waals surface area contributed by atoms with Crippen LogP contribution in [0.5, 0.6) is 0 Å². The van der Waals surface area contributed by atoms with Crippen molar-refractivity contribution in [2.75, 3.05) is 0 Å². The maximum absolute atomic E-state index is 12.4. The van der Waals surface area contributed by atoms with Crippen molar-refractivity contribution < 1.29 is 18.7 Å². The van der Waals surface area contributed by atoms with Gasteiger partial charge in [-0.3, -0.25) is 4.98 Å². The number of rotatable bonds is 2. The van der Waals surface area contributed by atoms with E-state index in [1.807, 2.05) is 0 Å². The molecule has 0 fully saturated rings. The number of carboxylic acid groups (broad SMARTS) is 1. The number of aromatic carboxylic acids is 1. The number of carboxylic acids is 1. The summed E-state index contributed by atoms with van der Waals surface area (Å²) in [6.45, 7) is 1.52. The minimum Gasteiger partial charge on any atom is -0.478 e. The monoisotopic (exact) mass is 265 g/mol. The molecule has 76 valence electrons. The van der Waals surface area contributed by atoms with Gasteiger partial charge in [-0.25, -0.2) is 13.6 Å².